The Balaban J connectivity index is 4.71. The number of unbranched alkanes of at least 4 members (excludes halogenated alkanes) is 31. The van der Waals surface area contributed by atoms with Crippen LogP contribution in [0.3, 0.4) is 0 Å². The lowest BCUT2D eigenvalue weighted by molar-refractivity contribution is -0.161. The first-order valence-corrected chi connectivity index (χ1v) is 32.7. The first kappa shape index (κ1) is 73.2. The van der Waals surface area contributed by atoms with E-state index in [2.05, 4.69) is 81.5 Å². The third-order valence-electron chi connectivity index (χ3n) is 13.4. The molecule has 0 fully saturated rings. The molecule has 0 saturated carbocycles. The van der Waals surface area contributed by atoms with E-state index in [0.717, 1.165) is 109 Å². The van der Waals surface area contributed by atoms with E-state index >= 15 is 0 Å². The molecule has 0 saturated heterocycles. The summed E-state index contributed by atoms with van der Waals surface area (Å²) in [5, 5.41) is 9.83. The largest absolute Gasteiger partial charge is 0.472 e. The molecular weight excluding hydrogens is 976 g/mol. The number of aliphatic hydroxyl groups is 1. The van der Waals surface area contributed by atoms with Crippen molar-refractivity contribution < 1.29 is 52.2 Å². The summed E-state index contributed by atoms with van der Waals surface area (Å²) in [4.78, 5) is 48.7. The number of hydrogen-bond donors (Lipinski definition) is 2. The third-order valence-corrected chi connectivity index (χ3v) is 14.4. The van der Waals surface area contributed by atoms with Gasteiger partial charge >= 0.3 is 25.7 Å². The molecule has 0 aromatic rings. The minimum Gasteiger partial charge on any atom is -0.462 e. The summed E-state index contributed by atoms with van der Waals surface area (Å²) in [6.45, 7) is 4.53. The van der Waals surface area contributed by atoms with Crippen molar-refractivity contribution >= 4 is 25.7 Å². The molecule has 76 heavy (non-hydrogen) atoms. The highest BCUT2D eigenvalue weighted by atomic mass is 31.2. The van der Waals surface area contributed by atoms with Crippen molar-refractivity contribution in [3.8, 4) is 0 Å². The standard InChI is InChI=1S/C64H115O11P/c1-4-7-10-13-16-19-22-25-28-30-33-35-38-41-44-47-50-53-62(66)71-57-61(75-64(68)55-52-49-46-43-40-37-34-31-29-26-23-20-17-14-11-8-5-2)59-73-76(69,70)72-58-60(56-65)74-63(67)54-51-48-45-42-39-36-32-27-24-21-18-15-12-9-6-3/h9,12,17-18,20-21,26-27,29,32,60-61,65H,4-8,10-11,13-16,19,22-25,28,30-31,33-59H2,1-3H3,(H,69,70)/b12-9-,20-17-,21-18-,29-26-,32-27-. The van der Waals surface area contributed by atoms with Gasteiger partial charge in [-0.3, -0.25) is 23.4 Å². The number of aliphatic hydroxyl groups excluding tert-OH is 1. The van der Waals surface area contributed by atoms with Gasteiger partial charge in [0.1, 0.15) is 12.7 Å². The first-order chi connectivity index (χ1) is 37.2. The topological polar surface area (TPSA) is 155 Å². The number of carbonyl (C=O) groups is 3. The molecule has 12 heteroatoms. The van der Waals surface area contributed by atoms with Crippen LogP contribution in [-0.4, -0.2) is 66.5 Å². The number of phosphoric acid groups is 1. The summed E-state index contributed by atoms with van der Waals surface area (Å²) >= 11 is 0. The maximum absolute atomic E-state index is 12.9. The van der Waals surface area contributed by atoms with E-state index in [1.54, 1.807) is 0 Å². The van der Waals surface area contributed by atoms with Crippen LogP contribution in [0.5, 0.6) is 0 Å². The van der Waals surface area contributed by atoms with Gasteiger partial charge in [0, 0.05) is 19.3 Å². The van der Waals surface area contributed by atoms with E-state index in [1.807, 2.05) is 0 Å². The number of phosphoric ester groups is 1. The molecular formula is C64H115O11P. The molecule has 3 unspecified atom stereocenters. The maximum Gasteiger partial charge on any atom is 0.472 e. The first-order valence-electron chi connectivity index (χ1n) is 31.2. The van der Waals surface area contributed by atoms with Crippen molar-refractivity contribution in [2.45, 2.75) is 303 Å². The molecule has 0 heterocycles. The van der Waals surface area contributed by atoms with Crippen molar-refractivity contribution in [3.63, 3.8) is 0 Å². The van der Waals surface area contributed by atoms with Crippen molar-refractivity contribution in [2.24, 2.45) is 0 Å². The average Bonchev–Trinajstić information content (AvgIpc) is 3.41. The van der Waals surface area contributed by atoms with Crippen molar-refractivity contribution in [1.82, 2.24) is 0 Å². The second kappa shape index (κ2) is 58.3. The monoisotopic (exact) mass is 1090 g/mol. The molecule has 0 radical (unpaired) electrons. The SMILES string of the molecule is CC/C=C\C/C=C\C/C=C\CCCCCCCC(=O)OC(CO)COP(=O)(O)OCC(COC(=O)CCCCCCCCCCCCCCCCCCC)OC(=O)CCCCCCCCC/C=C\C/C=C\CCCCC. The Morgan fingerprint density at radius 3 is 1.08 bits per heavy atom. The summed E-state index contributed by atoms with van der Waals surface area (Å²) in [6, 6.07) is 0. The predicted molar refractivity (Wildman–Crippen MR) is 316 cm³/mol. The highest BCUT2D eigenvalue weighted by molar-refractivity contribution is 7.47. The van der Waals surface area contributed by atoms with Gasteiger partial charge in [0.2, 0.25) is 0 Å². The van der Waals surface area contributed by atoms with E-state index in [-0.39, 0.29) is 25.9 Å². The van der Waals surface area contributed by atoms with Crippen LogP contribution >= 0.6 is 7.82 Å². The fraction of sp³-hybridized carbons (Fsp3) is 0.797. The molecule has 0 aromatic heterocycles. The minimum atomic E-state index is -4.76. The molecule has 2 N–H and O–H groups in total. The highest BCUT2D eigenvalue weighted by Crippen LogP contribution is 2.43. The predicted octanol–water partition coefficient (Wildman–Crippen LogP) is 18.7. The number of esters is 3. The van der Waals surface area contributed by atoms with Crippen molar-refractivity contribution in [2.75, 3.05) is 26.4 Å². The minimum absolute atomic E-state index is 0.157. The van der Waals surface area contributed by atoms with Gasteiger partial charge in [-0.2, -0.15) is 0 Å². The Hall–Kier alpha value is -2.82. The molecule has 0 aliphatic rings. The molecule has 11 nitrogen and oxygen atoms in total. The van der Waals surface area contributed by atoms with Crippen LogP contribution in [0, 0.1) is 0 Å². The maximum atomic E-state index is 12.9. The van der Waals surface area contributed by atoms with Crippen LogP contribution in [0.2, 0.25) is 0 Å². The van der Waals surface area contributed by atoms with Crippen molar-refractivity contribution in [1.29, 1.82) is 0 Å². The Kier molecular flexibility index (Phi) is 56.2. The van der Waals surface area contributed by atoms with Crippen LogP contribution < -0.4 is 0 Å². The van der Waals surface area contributed by atoms with E-state index in [0.29, 0.717) is 19.3 Å². The van der Waals surface area contributed by atoms with Gasteiger partial charge in [0.05, 0.1) is 19.8 Å². The Morgan fingerprint density at radius 2 is 0.684 bits per heavy atom. The molecule has 3 atom stereocenters. The van der Waals surface area contributed by atoms with Crippen LogP contribution in [0.25, 0.3) is 0 Å². The lowest BCUT2D eigenvalue weighted by atomic mass is 10.0. The summed E-state index contributed by atoms with van der Waals surface area (Å²) in [6.07, 6.45) is 64.5. The Morgan fingerprint density at radius 1 is 0.382 bits per heavy atom. The van der Waals surface area contributed by atoms with Gasteiger partial charge in [-0.1, -0.05) is 248 Å². The molecule has 0 aliphatic heterocycles. The summed E-state index contributed by atoms with van der Waals surface area (Å²) in [7, 11) is -4.76. The smallest absolute Gasteiger partial charge is 0.462 e. The van der Waals surface area contributed by atoms with Gasteiger partial charge in [-0.25, -0.2) is 4.57 Å². The lowest BCUT2D eigenvalue weighted by Gasteiger charge is -2.21. The molecule has 442 valence electrons. The normalized spacial score (nSPS) is 13.7. The summed E-state index contributed by atoms with van der Waals surface area (Å²) in [5.74, 6) is -1.47. The van der Waals surface area contributed by atoms with Crippen molar-refractivity contribution in [3.05, 3.63) is 60.8 Å². The molecule has 0 aliphatic carbocycles. The quantitative estimate of drug-likeness (QED) is 0.0197. The third kappa shape index (κ3) is 55.9. The Labute approximate surface area is 465 Å². The van der Waals surface area contributed by atoms with E-state index in [1.165, 1.54) is 122 Å². The zero-order valence-electron chi connectivity index (χ0n) is 49.0. The fourth-order valence-corrected chi connectivity index (χ4v) is 9.48. The van der Waals surface area contributed by atoms with Crippen LogP contribution in [0.15, 0.2) is 60.8 Å². The van der Waals surface area contributed by atoms with Crippen LogP contribution in [0.4, 0.5) is 0 Å². The highest BCUT2D eigenvalue weighted by Gasteiger charge is 2.28. The molecule has 0 spiro atoms. The summed E-state index contributed by atoms with van der Waals surface area (Å²) < 4.78 is 39.6. The zero-order valence-corrected chi connectivity index (χ0v) is 49.9. The number of ether oxygens (including phenoxy) is 3. The van der Waals surface area contributed by atoms with Gasteiger partial charge in [0.25, 0.3) is 0 Å². The average molecular weight is 1090 g/mol. The Bertz CT molecular complexity index is 1510. The van der Waals surface area contributed by atoms with E-state index < -0.39 is 57.8 Å². The van der Waals surface area contributed by atoms with Gasteiger partial charge < -0.3 is 24.2 Å². The number of allylic oxidation sites excluding steroid dienone is 10. The van der Waals surface area contributed by atoms with Crippen LogP contribution in [0.1, 0.15) is 290 Å². The second-order valence-corrected chi connectivity index (χ2v) is 22.3. The fourth-order valence-electron chi connectivity index (χ4n) is 8.70. The van der Waals surface area contributed by atoms with Gasteiger partial charge in [-0.05, 0) is 83.5 Å². The van der Waals surface area contributed by atoms with E-state index in [9.17, 15) is 28.9 Å². The zero-order chi connectivity index (χ0) is 55.5. The number of hydrogen-bond acceptors (Lipinski definition) is 10. The molecule has 0 rings (SSSR count). The van der Waals surface area contributed by atoms with Crippen LogP contribution in [-0.2, 0) is 42.2 Å². The molecule has 0 bridgehead atoms. The van der Waals surface area contributed by atoms with Gasteiger partial charge in [0.15, 0.2) is 6.10 Å². The number of rotatable bonds is 58. The summed E-state index contributed by atoms with van der Waals surface area (Å²) in [5.41, 5.74) is 0. The second-order valence-electron chi connectivity index (χ2n) is 20.8. The van der Waals surface area contributed by atoms with E-state index in [4.69, 9.17) is 23.3 Å². The lowest BCUT2D eigenvalue weighted by Crippen LogP contribution is -2.30. The van der Waals surface area contributed by atoms with Gasteiger partial charge in [-0.15, -0.1) is 0 Å². The number of carbonyl (C=O) groups excluding carboxylic acids is 3. The molecule has 0 amide bonds. The molecule has 0 aromatic carbocycles.